The number of aromatic nitrogens is 2. The molecule has 0 unspecified atom stereocenters. The van der Waals surface area contributed by atoms with Crippen molar-refractivity contribution in [2.45, 2.75) is 6.42 Å². The number of nitrogens with one attached hydrogen (secondary N) is 2. The molecule has 0 aliphatic carbocycles. The van der Waals surface area contributed by atoms with Crippen molar-refractivity contribution >= 4 is 28.5 Å². The third kappa shape index (κ3) is 3.14. The Morgan fingerprint density at radius 3 is 2.90 bits per heavy atom. The number of fused-ring (bicyclic) bond motifs is 1. The molecule has 0 bridgehead atoms. The third-order valence-electron chi connectivity index (χ3n) is 2.81. The van der Waals surface area contributed by atoms with Crippen LogP contribution in [0.1, 0.15) is 16.9 Å². The summed E-state index contributed by atoms with van der Waals surface area (Å²) in [6, 6.07) is 4.07. The van der Waals surface area contributed by atoms with Crippen molar-refractivity contribution in [1.29, 1.82) is 0 Å². The molecule has 1 aromatic carbocycles. The summed E-state index contributed by atoms with van der Waals surface area (Å²) in [5.41, 5.74) is 0.421. The van der Waals surface area contributed by atoms with Gasteiger partial charge in [-0.3, -0.25) is 24.8 Å². The minimum Gasteiger partial charge on any atom is -0.469 e. The van der Waals surface area contributed by atoms with Crippen LogP contribution in [0.3, 0.4) is 0 Å². The van der Waals surface area contributed by atoms with Crippen LogP contribution in [0.2, 0.25) is 0 Å². The molecule has 1 heterocycles. The molecule has 0 aliphatic rings. The van der Waals surface area contributed by atoms with E-state index >= 15 is 0 Å². The molecule has 0 aliphatic heterocycles. The highest BCUT2D eigenvalue weighted by Gasteiger charge is 2.17. The molecule has 0 atom stereocenters. The van der Waals surface area contributed by atoms with Crippen LogP contribution in [-0.2, 0) is 9.53 Å². The second-order valence-electron chi connectivity index (χ2n) is 4.14. The number of hydrogen-bond donors (Lipinski definition) is 2. The largest absolute Gasteiger partial charge is 0.469 e. The van der Waals surface area contributed by atoms with Gasteiger partial charge < -0.3 is 10.1 Å². The van der Waals surface area contributed by atoms with Crippen LogP contribution in [0.15, 0.2) is 18.2 Å². The number of carbonyl (C=O) groups is 2. The first-order valence-corrected chi connectivity index (χ1v) is 6.00. The summed E-state index contributed by atoms with van der Waals surface area (Å²) in [4.78, 5) is 33.1. The fourth-order valence-corrected chi connectivity index (χ4v) is 1.75. The Bertz CT molecular complexity index is 709. The molecule has 9 heteroatoms. The zero-order valence-corrected chi connectivity index (χ0v) is 11.1. The van der Waals surface area contributed by atoms with E-state index in [4.69, 9.17) is 0 Å². The molecule has 1 aromatic heterocycles. The molecule has 9 nitrogen and oxygen atoms in total. The Hall–Kier alpha value is -2.97. The monoisotopic (exact) mass is 292 g/mol. The number of carbonyl (C=O) groups excluding carboxylic acids is 2. The van der Waals surface area contributed by atoms with Gasteiger partial charge in [-0.1, -0.05) is 0 Å². The summed E-state index contributed by atoms with van der Waals surface area (Å²) in [5.74, 6) is -0.969. The van der Waals surface area contributed by atoms with E-state index in [2.05, 4.69) is 20.3 Å². The minimum atomic E-state index is -0.550. The lowest BCUT2D eigenvalue weighted by molar-refractivity contribution is -0.384. The van der Waals surface area contributed by atoms with Gasteiger partial charge in [0.05, 0.1) is 24.0 Å². The zero-order chi connectivity index (χ0) is 15.4. The van der Waals surface area contributed by atoms with Crippen molar-refractivity contribution in [2.24, 2.45) is 0 Å². The Balaban J connectivity index is 2.17. The number of nitro groups is 1. The quantitative estimate of drug-likeness (QED) is 0.476. The number of H-pyrrole nitrogens is 1. The first kappa shape index (κ1) is 14.4. The topological polar surface area (TPSA) is 127 Å². The highest BCUT2D eigenvalue weighted by Crippen LogP contribution is 2.21. The van der Waals surface area contributed by atoms with Gasteiger partial charge in [-0.15, -0.1) is 0 Å². The molecule has 0 saturated carbocycles. The standard InChI is InChI=1S/C12H12N4O5/c1-21-10(17)4-5-13-12(18)11-8-6-7(16(19)20)2-3-9(8)14-15-11/h2-3,6H,4-5H2,1H3,(H,13,18)(H,14,15). The van der Waals surface area contributed by atoms with Gasteiger partial charge in [0.25, 0.3) is 11.6 Å². The van der Waals surface area contributed by atoms with Crippen LogP contribution in [0.4, 0.5) is 5.69 Å². The number of nitro benzene ring substituents is 1. The number of non-ortho nitro benzene ring substituents is 1. The van der Waals surface area contributed by atoms with E-state index in [1.807, 2.05) is 0 Å². The Labute approximate surface area is 118 Å². The number of ether oxygens (including phenoxy) is 1. The summed E-state index contributed by atoms with van der Waals surface area (Å²) < 4.78 is 4.45. The van der Waals surface area contributed by atoms with Crippen molar-refractivity contribution in [3.05, 3.63) is 34.0 Å². The predicted molar refractivity (Wildman–Crippen MR) is 71.7 cm³/mol. The van der Waals surface area contributed by atoms with E-state index in [1.54, 1.807) is 0 Å². The third-order valence-corrected chi connectivity index (χ3v) is 2.81. The van der Waals surface area contributed by atoms with Gasteiger partial charge in [-0.25, -0.2) is 0 Å². The van der Waals surface area contributed by atoms with Crippen LogP contribution in [0, 0.1) is 10.1 Å². The Morgan fingerprint density at radius 2 is 2.24 bits per heavy atom. The number of amides is 1. The van der Waals surface area contributed by atoms with Gasteiger partial charge in [-0.2, -0.15) is 5.10 Å². The summed E-state index contributed by atoms with van der Waals surface area (Å²) >= 11 is 0. The average molecular weight is 292 g/mol. The Morgan fingerprint density at radius 1 is 1.48 bits per heavy atom. The second-order valence-corrected chi connectivity index (χ2v) is 4.14. The number of benzene rings is 1. The van der Waals surface area contributed by atoms with E-state index in [0.29, 0.717) is 10.9 Å². The lowest BCUT2D eigenvalue weighted by Crippen LogP contribution is -2.26. The predicted octanol–water partition coefficient (Wildman–Crippen LogP) is 0.764. The van der Waals surface area contributed by atoms with E-state index in [0.717, 1.165) is 0 Å². The number of aromatic amines is 1. The summed E-state index contributed by atoms with van der Waals surface area (Å²) in [7, 11) is 1.25. The van der Waals surface area contributed by atoms with Crippen molar-refractivity contribution < 1.29 is 19.2 Å². The summed E-state index contributed by atoms with van der Waals surface area (Å²) in [6.07, 6.45) is 0.0325. The first-order valence-electron chi connectivity index (χ1n) is 6.00. The lowest BCUT2D eigenvalue weighted by atomic mass is 10.2. The molecular weight excluding hydrogens is 280 g/mol. The fraction of sp³-hybridized carbons (Fsp3) is 0.250. The highest BCUT2D eigenvalue weighted by molar-refractivity contribution is 6.05. The molecule has 2 N–H and O–H groups in total. The number of hydrogen-bond acceptors (Lipinski definition) is 6. The van der Waals surface area contributed by atoms with Crippen molar-refractivity contribution in [3.63, 3.8) is 0 Å². The van der Waals surface area contributed by atoms with E-state index in [-0.39, 0.29) is 24.3 Å². The van der Waals surface area contributed by atoms with Crippen LogP contribution in [0.25, 0.3) is 10.9 Å². The van der Waals surface area contributed by atoms with E-state index in [9.17, 15) is 19.7 Å². The molecule has 2 aromatic rings. The minimum absolute atomic E-state index is 0.0325. The highest BCUT2D eigenvalue weighted by atomic mass is 16.6. The molecule has 0 radical (unpaired) electrons. The fourth-order valence-electron chi connectivity index (χ4n) is 1.75. The van der Waals surface area contributed by atoms with Crippen LogP contribution in [0.5, 0.6) is 0 Å². The number of methoxy groups -OCH3 is 1. The number of nitrogens with zero attached hydrogens (tertiary/aromatic N) is 2. The van der Waals surface area contributed by atoms with E-state index < -0.39 is 16.8 Å². The van der Waals surface area contributed by atoms with E-state index in [1.165, 1.54) is 25.3 Å². The molecule has 110 valence electrons. The van der Waals surface area contributed by atoms with Gasteiger partial charge >= 0.3 is 5.97 Å². The van der Waals surface area contributed by atoms with Crippen molar-refractivity contribution in [3.8, 4) is 0 Å². The second kappa shape index (κ2) is 5.99. The average Bonchev–Trinajstić information content (AvgIpc) is 2.89. The number of rotatable bonds is 5. The van der Waals surface area contributed by atoms with Crippen molar-refractivity contribution in [2.75, 3.05) is 13.7 Å². The number of esters is 1. The van der Waals surface area contributed by atoms with Crippen LogP contribution >= 0.6 is 0 Å². The molecular formula is C12H12N4O5. The summed E-state index contributed by atoms with van der Waals surface area (Å²) in [6.45, 7) is 0.0921. The maximum atomic E-state index is 12.0. The summed E-state index contributed by atoms with van der Waals surface area (Å²) in [5, 5.41) is 20.1. The molecule has 0 spiro atoms. The lowest BCUT2D eigenvalue weighted by Gasteiger charge is -2.02. The molecule has 0 fully saturated rings. The zero-order valence-electron chi connectivity index (χ0n) is 11.1. The Kier molecular flexibility index (Phi) is 4.12. The van der Waals surface area contributed by atoms with Crippen LogP contribution in [-0.4, -0.2) is 40.7 Å². The smallest absolute Gasteiger partial charge is 0.307 e. The van der Waals surface area contributed by atoms with Gasteiger partial charge in [0.1, 0.15) is 0 Å². The van der Waals surface area contributed by atoms with Gasteiger partial charge in [0.15, 0.2) is 5.69 Å². The molecule has 0 saturated heterocycles. The maximum absolute atomic E-state index is 12.0. The first-order chi connectivity index (χ1) is 10.0. The SMILES string of the molecule is COC(=O)CCNC(=O)c1n[nH]c2ccc([N+](=O)[O-])cc12. The normalized spacial score (nSPS) is 10.3. The molecule has 21 heavy (non-hydrogen) atoms. The molecule has 1 amide bonds. The maximum Gasteiger partial charge on any atom is 0.307 e. The van der Waals surface area contributed by atoms with Gasteiger partial charge in [-0.05, 0) is 6.07 Å². The van der Waals surface area contributed by atoms with Crippen LogP contribution < -0.4 is 5.32 Å². The molecule has 2 rings (SSSR count). The van der Waals surface area contributed by atoms with Gasteiger partial charge in [0, 0.05) is 24.1 Å². The van der Waals surface area contributed by atoms with Crippen molar-refractivity contribution in [1.82, 2.24) is 15.5 Å². The van der Waals surface area contributed by atoms with Gasteiger partial charge in [0.2, 0.25) is 0 Å².